The van der Waals surface area contributed by atoms with Crippen LogP contribution in [-0.2, 0) is 20.7 Å². The number of carbonyl (C=O) groups excluding carboxylic acids is 3. The largest absolute Gasteiger partial charge is 0.479 e. The van der Waals surface area contributed by atoms with Gasteiger partial charge in [0.05, 0.1) is 24.2 Å². The van der Waals surface area contributed by atoms with Crippen LogP contribution >= 0.6 is 0 Å². The highest BCUT2D eigenvalue weighted by Gasteiger charge is 2.29. The summed E-state index contributed by atoms with van der Waals surface area (Å²) in [6, 6.07) is 6.60. The highest BCUT2D eigenvalue weighted by atomic mass is 16.6. The number of hydrogen-bond acceptors (Lipinski definition) is 8. The molecule has 0 saturated carbocycles. The molecular weight excluding hydrogens is 460 g/mol. The molecule has 12 nitrogen and oxygen atoms in total. The number of rotatable bonds is 9. The van der Waals surface area contributed by atoms with Gasteiger partial charge in [-0.05, 0) is 19.1 Å². The van der Waals surface area contributed by atoms with E-state index in [0.29, 0.717) is 24.0 Å². The number of nitrogens with zero attached hydrogens (tertiary/aromatic N) is 3. The van der Waals surface area contributed by atoms with E-state index in [-0.39, 0.29) is 55.5 Å². The molecule has 188 valence electrons. The number of nitrogens with two attached hydrogens (primary N) is 1. The standard InChI is InChI=1S/C23H28N4O8/c1-2-34-23(33)27-10-8-26(9-11-27)18(29)13-16-19(21(24)30)20(35-17(7-12-28)22(31)32)14-5-3-4-6-15(14)25-16/h3-6,17,28H,2,7-13H2,1H3,(H2,24,30)(H,31,32). The molecule has 2 heterocycles. The Morgan fingerprint density at radius 2 is 1.77 bits per heavy atom. The highest BCUT2D eigenvalue weighted by Crippen LogP contribution is 2.32. The van der Waals surface area contributed by atoms with Crippen molar-refractivity contribution < 1.29 is 38.9 Å². The number of carboxylic acids is 1. The van der Waals surface area contributed by atoms with E-state index in [2.05, 4.69) is 4.98 Å². The van der Waals surface area contributed by atoms with E-state index in [4.69, 9.17) is 15.2 Å². The van der Waals surface area contributed by atoms with Crippen LogP contribution in [0.3, 0.4) is 0 Å². The van der Waals surface area contributed by atoms with Crippen LogP contribution < -0.4 is 10.5 Å². The summed E-state index contributed by atoms with van der Waals surface area (Å²) in [5.74, 6) is -2.69. The van der Waals surface area contributed by atoms with Crippen LogP contribution in [0.1, 0.15) is 29.4 Å². The fourth-order valence-corrected chi connectivity index (χ4v) is 3.84. The van der Waals surface area contributed by atoms with Gasteiger partial charge in [-0.3, -0.25) is 14.6 Å². The lowest BCUT2D eigenvalue weighted by Gasteiger charge is -2.34. The van der Waals surface area contributed by atoms with Crippen LogP contribution in [0.25, 0.3) is 10.9 Å². The first-order chi connectivity index (χ1) is 16.8. The fourth-order valence-electron chi connectivity index (χ4n) is 3.84. The van der Waals surface area contributed by atoms with E-state index in [1.54, 1.807) is 36.1 Å². The third kappa shape index (κ3) is 5.96. The maximum Gasteiger partial charge on any atom is 0.409 e. The molecule has 1 aliphatic rings. The first-order valence-corrected chi connectivity index (χ1v) is 11.2. The van der Waals surface area contributed by atoms with Crippen molar-refractivity contribution in [2.45, 2.75) is 25.9 Å². The molecular formula is C23H28N4O8. The van der Waals surface area contributed by atoms with E-state index < -0.39 is 30.7 Å². The predicted octanol–water partition coefficient (Wildman–Crippen LogP) is 0.391. The predicted molar refractivity (Wildman–Crippen MR) is 123 cm³/mol. The molecule has 1 aromatic heterocycles. The van der Waals surface area contributed by atoms with Crippen LogP contribution in [0.2, 0.25) is 0 Å². The third-order valence-electron chi connectivity index (χ3n) is 5.57. The Morgan fingerprint density at radius 1 is 1.11 bits per heavy atom. The van der Waals surface area contributed by atoms with Crippen molar-refractivity contribution in [2.75, 3.05) is 39.4 Å². The van der Waals surface area contributed by atoms with Gasteiger partial charge >= 0.3 is 12.1 Å². The zero-order chi connectivity index (χ0) is 25.5. The van der Waals surface area contributed by atoms with Gasteiger partial charge in [0.2, 0.25) is 5.91 Å². The Morgan fingerprint density at radius 3 is 2.37 bits per heavy atom. The number of carboxylic acid groups (broad SMARTS) is 1. The lowest BCUT2D eigenvalue weighted by molar-refractivity contribution is -0.145. The van der Waals surface area contributed by atoms with Crippen LogP contribution in [-0.4, -0.2) is 94.4 Å². The molecule has 1 fully saturated rings. The second-order valence-corrected chi connectivity index (χ2v) is 7.84. The van der Waals surface area contributed by atoms with Gasteiger partial charge in [0, 0.05) is 44.6 Å². The smallest absolute Gasteiger partial charge is 0.409 e. The molecule has 35 heavy (non-hydrogen) atoms. The first kappa shape index (κ1) is 25.7. The number of carbonyl (C=O) groups is 4. The molecule has 3 amide bonds. The Balaban J connectivity index is 1.91. The monoisotopic (exact) mass is 488 g/mol. The van der Waals surface area contributed by atoms with Crippen molar-refractivity contribution in [1.29, 1.82) is 0 Å². The molecule has 0 spiro atoms. The molecule has 1 unspecified atom stereocenters. The number of pyridine rings is 1. The van der Waals surface area contributed by atoms with Gasteiger partial charge < -0.3 is 35.2 Å². The number of ether oxygens (including phenoxy) is 2. The summed E-state index contributed by atoms with van der Waals surface area (Å²) in [6.45, 7) is 2.67. The van der Waals surface area contributed by atoms with Gasteiger partial charge in [0.15, 0.2) is 6.10 Å². The summed E-state index contributed by atoms with van der Waals surface area (Å²) in [7, 11) is 0. The second-order valence-electron chi connectivity index (χ2n) is 7.84. The van der Waals surface area contributed by atoms with Gasteiger partial charge in [-0.15, -0.1) is 0 Å². The molecule has 3 rings (SSSR count). The molecule has 4 N–H and O–H groups in total. The zero-order valence-corrected chi connectivity index (χ0v) is 19.3. The van der Waals surface area contributed by atoms with Gasteiger partial charge in [-0.1, -0.05) is 12.1 Å². The number of aliphatic carboxylic acids is 1. The number of aliphatic hydroxyl groups excluding tert-OH is 1. The molecule has 12 heteroatoms. The quantitative estimate of drug-likeness (QED) is 0.451. The Hall–Kier alpha value is -3.93. The second kappa shape index (κ2) is 11.5. The normalized spacial score (nSPS) is 14.5. The topological polar surface area (TPSA) is 173 Å². The van der Waals surface area contributed by atoms with Gasteiger partial charge in [-0.25, -0.2) is 9.59 Å². The molecule has 1 aromatic carbocycles. The van der Waals surface area contributed by atoms with Crippen LogP contribution in [0.5, 0.6) is 5.75 Å². The van der Waals surface area contributed by atoms with E-state index in [1.807, 2.05) is 0 Å². The molecule has 2 aromatic rings. The first-order valence-electron chi connectivity index (χ1n) is 11.2. The summed E-state index contributed by atoms with van der Waals surface area (Å²) in [5, 5.41) is 19.1. The number of benzene rings is 1. The zero-order valence-electron chi connectivity index (χ0n) is 19.3. The number of hydrogen-bond donors (Lipinski definition) is 3. The van der Waals surface area contributed by atoms with Crippen molar-refractivity contribution in [3.63, 3.8) is 0 Å². The van der Waals surface area contributed by atoms with Gasteiger partial charge in [0.1, 0.15) is 11.3 Å². The molecule has 0 aliphatic carbocycles. The Labute approximate surface area is 201 Å². The minimum Gasteiger partial charge on any atom is -0.479 e. The maximum absolute atomic E-state index is 13.1. The van der Waals surface area contributed by atoms with E-state index in [9.17, 15) is 29.4 Å². The van der Waals surface area contributed by atoms with Crippen molar-refractivity contribution in [2.24, 2.45) is 5.73 Å². The summed E-state index contributed by atoms with van der Waals surface area (Å²) in [6.07, 6.45) is -2.38. The van der Waals surface area contributed by atoms with Gasteiger partial charge in [0.25, 0.3) is 5.91 Å². The minimum absolute atomic E-state index is 0.0529. The average Bonchev–Trinajstić information content (AvgIpc) is 2.83. The SMILES string of the molecule is CCOC(=O)N1CCN(C(=O)Cc2nc3ccccc3c(OC(CCO)C(=O)O)c2C(N)=O)CC1. The lowest BCUT2D eigenvalue weighted by atomic mass is 10.0. The summed E-state index contributed by atoms with van der Waals surface area (Å²) >= 11 is 0. The average molecular weight is 488 g/mol. The Bertz CT molecular complexity index is 1110. The molecule has 1 atom stereocenters. The van der Waals surface area contributed by atoms with Crippen molar-refractivity contribution in [3.8, 4) is 5.75 Å². The van der Waals surface area contributed by atoms with E-state index >= 15 is 0 Å². The fraction of sp³-hybridized carbons (Fsp3) is 0.435. The van der Waals surface area contributed by atoms with E-state index in [0.717, 1.165) is 0 Å². The number of primary amides is 1. The lowest BCUT2D eigenvalue weighted by Crippen LogP contribution is -2.51. The van der Waals surface area contributed by atoms with Crippen LogP contribution in [0.4, 0.5) is 4.79 Å². The van der Waals surface area contributed by atoms with Crippen LogP contribution in [0, 0.1) is 0 Å². The molecule has 0 bridgehead atoms. The number of aliphatic hydroxyl groups is 1. The van der Waals surface area contributed by atoms with Crippen molar-refractivity contribution in [1.82, 2.24) is 14.8 Å². The number of fused-ring (bicyclic) bond motifs is 1. The number of amides is 3. The number of para-hydroxylation sites is 1. The molecule has 1 aliphatic heterocycles. The van der Waals surface area contributed by atoms with Crippen LogP contribution in [0.15, 0.2) is 24.3 Å². The maximum atomic E-state index is 13.1. The molecule has 0 radical (unpaired) electrons. The van der Waals surface area contributed by atoms with Crippen molar-refractivity contribution in [3.05, 3.63) is 35.5 Å². The third-order valence-corrected chi connectivity index (χ3v) is 5.57. The minimum atomic E-state index is -1.44. The number of aromatic nitrogens is 1. The summed E-state index contributed by atoms with van der Waals surface area (Å²) in [4.78, 5) is 56.5. The highest BCUT2D eigenvalue weighted by molar-refractivity contribution is 6.04. The number of piperazine rings is 1. The Kier molecular flexibility index (Phi) is 8.42. The summed E-state index contributed by atoms with van der Waals surface area (Å²) in [5.41, 5.74) is 5.88. The summed E-state index contributed by atoms with van der Waals surface area (Å²) < 4.78 is 10.7. The van der Waals surface area contributed by atoms with Gasteiger partial charge in [-0.2, -0.15) is 0 Å². The molecule has 1 saturated heterocycles. The van der Waals surface area contributed by atoms with E-state index in [1.165, 1.54) is 4.90 Å². The van der Waals surface area contributed by atoms with Crippen molar-refractivity contribution >= 4 is 34.8 Å².